The Morgan fingerprint density at radius 1 is 1.41 bits per heavy atom. The van der Waals surface area contributed by atoms with Crippen LogP contribution in [0.4, 0.5) is 10.5 Å². The van der Waals surface area contributed by atoms with E-state index in [1.54, 1.807) is 0 Å². The standard InChI is InChI=1S/C12H15BrINO2/c1-7-5-10(8(13)6-9(7)14)15-11(16)17-12(2,3)4/h5-6H,1-4H3,(H,15,16). The molecule has 0 saturated carbocycles. The highest BCUT2D eigenvalue weighted by Crippen LogP contribution is 2.27. The quantitative estimate of drug-likeness (QED) is 0.679. The van der Waals surface area contributed by atoms with Crippen molar-refractivity contribution in [3.63, 3.8) is 0 Å². The lowest BCUT2D eigenvalue weighted by atomic mass is 10.2. The lowest BCUT2D eigenvalue weighted by Gasteiger charge is -2.20. The molecule has 1 aromatic carbocycles. The zero-order chi connectivity index (χ0) is 13.2. The van der Waals surface area contributed by atoms with Crippen LogP contribution < -0.4 is 5.32 Å². The molecule has 1 rings (SSSR count). The van der Waals surface area contributed by atoms with Gasteiger partial charge in [-0.15, -0.1) is 0 Å². The van der Waals surface area contributed by atoms with E-state index >= 15 is 0 Å². The van der Waals surface area contributed by atoms with Crippen molar-refractivity contribution >= 4 is 50.3 Å². The third-order valence-electron chi connectivity index (χ3n) is 1.88. The normalized spacial score (nSPS) is 11.2. The van der Waals surface area contributed by atoms with E-state index in [-0.39, 0.29) is 0 Å². The fraction of sp³-hybridized carbons (Fsp3) is 0.417. The molecular weight excluding hydrogens is 397 g/mol. The van der Waals surface area contributed by atoms with Gasteiger partial charge < -0.3 is 4.74 Å². The molecule has 0 spiro atoms. The number of carbonyl (C=O) groups is 1. The van der Waals surface area contributed by atoms with Crippen molar-refractivity contribution in [3.05, 3.63) is 25.7 Å². The van der Waals surface area contributed by atoms with Crippen molar-refractivity contribution < 1.29 is 9.53 Å². The Kier molecular flexibility index (Phi) is 4.83. The molecule has 5 heteroatoms. The van der Waals surface area contributed by atoms with Gasteiger partial charge in [-0.2, -0.15) is 0 Å². The molecule has 0 saturated heterocycles. The summed E-state index contributed by atoms with van der Waals surface area (Å²) in [5.41, 5.74) is 1.34. The Hall–Kier alpha value is -0.300. The van der Waals surface area contributed by atoms with E-state index in [9.17, 15) is 4.79 Å². The third kappa shape index (κ3) is 4.83. The second kappa shape index (κ2) is 5.56. The van der Waals surface area contributed by atoms with Crippen LogP contribution in [-0.2, 0) is 4.74 Å². The Morgan fingerprint density at radius 3 is 2.53 bits per heavy atom. The predicted octanol–water partition coefficient (Wildman–Crippen LogP) is 4.71. The Balaban J connectivity index is 2.82. The molecule has 0 aliphatic rings. The van der Waals surface area contributed by atoms with Crippen molar-refractivity contribution in [1.29, 1.82) is 0 Å². The summed E-state index contributed by atoms with van der Waals surface area (Å²) in [5, 5.41) is 2.72. The molecule has 1 amide bonds. The van der Waals surface area contributed by atoms with Gasteiger partial charge in [0.15, 0.2) is 0 Å². The van der Waals surface area contributed by atoms with E-state index in [0.717, 1.165) is 19.3 Å². The fourth-order valence-electron chi connectivity index (χ4n) is 1.17. The van der Waals surface area contributed by atoms with Crippen LogP contribution in [0, 0.1) is 10.5 Å². The molecule has 0 bridgehead atoms. The minimum absolute atomic E-state index is 0.446. The number of nitrogens with one attached hydrogen (secondary N) is 1. The van der Waals surface area contributed by atoms with Crippen molar-refractivity contribution in [2.24, 2.45) is 0 Å². The molecule has 0 unspecified atom stereocenters. The number of carbonyl (C=O) groups excluding carboxylic acids is 1. The maximum atomic E-state index is 11.6. The number of rotatable bonds is 1. The van der Waals surface area contributed by atoms with Gasteiger partial charge in [-0.25, -0.2) is 4.79 Å². The minimum Gasteiger partial charge on any atom is -0.444 e. The summed E-state index contributed by atoms with van der Waals surface area (Å²) in [6.45, 7) is 7.50. The van der Waals surface area contributed by atoms with E-state index < -0.39 is 11.7 Å². The average molecular weight is 412 g/mol. The van der Waals surface area contributed by atoms with Crippen molar-refractivity contribution in [2.75, 3.05) is 5.32 Å². The molecule has 1 N–H and O–H groups in total. The topological polar surface area (TPSA) is 38.3 Å². The second-order valence-corrected chi connectivity index (χ2v) is 6.72. The number of anilines is 1. The molecule has 3 nitrogen and oxygen atoms in total. The summed E-state index contributed by atoms with van der Waals surface area (Å²) in [4.78, 5) is 11.6. The van der Waals surface area contributed by atoms with Crippen LogP contribution in [-0.4, -0.2) is 11.7 Å². The minimum atomic E-state index is -0.491. The number of hydrogen-bond donors (Lipinski definition) is 1. The van der Waals surface area contributed by atoms with Crippen LogP contribution >= 0.6 is 38.5 Å². The van der Waals surface area contributed by atoms with Crippen LogP contribution in [0.5, 0.6) is 0 Å². The van der Waals surface area contributed by atoms with Gasteiger partial charge in [0, 0.05) is 8.04 Å². The summed E-state index contributed by atoms with van der Waals surface area (Å²) in [6, 6.07) is 3.87. The molecule has 0 aliphatic carbocycles. The van der Waals surface area contributed by atoms with E-state index in [2.05, 4.69) is 43.8 Å². The highest BCUT2D eigenvalue weighted by molar-refractivity contribution is 14.1. The number of aryl methyl sites for hydroxylation is 1. The van der Waals surface area contributed by atoms with Gasteiger partial charge in [-0.3, -0.25) is 5.32 Å². The zero-order valence-electron chi connectivity index (χ0n) is 10.2. The molecule has 0 fully saturated rings. The van der Waals surface area contributed by atoms with Gasteiger partial charge in [-0.05, 0) is 83.9 Å². The highest BCUT2D eigenvalue weighted by Gasteiger charge is 2.17. The molecular formula is C12H15BrINO2. The van der Waals surface area contributed by atoms with Crippen LogP contribution in [0.15, 0.2) is 16.6 Å². The maximum absolute atomic E-state index is 11.6. The Labute approximate surface area is 124 Å². The average Bonchev–Trinajstić information content (AvgIpc) is 2.11. The van der Waals surface area contributed by atoms with Gasteiger partial charge in [0.1, 0.15) is 5.60 Å². The zero-order valence-corrected chi connectivity index (χ0v) is 14.0. The summed E-state index contributed by atoms with van der Waals surface area (Å²) in [7, 11) is 0. The van der Waals surface area contributed by atoms with Gasteiger partial charge in [0.05, 0.1) is 5.69 Å². The molecule has 0 heterocycles. The van der Waals surface area contributed by atoms with Crippen molar-refractivity contribution in [2.45, 2.75) is 33.3 Å². The van der Waals surface area contributed by atoms with Gasteiger partial charge >= 0.3 is 6.09 Å². The third-order valence-corrected chi connectivity index (χ3v) is 3.70. The Bertz CT molecular complexity index is 441. The van der Waals surface area contributed by atoms with Crippen molar-refractivity contribution in [1.82, 2.24) is 0 Å². The van der Waals surface area contributed by atoms with E-state index in [1.807, 2.05) is 39.8 Å². The first-order chi connectivity index (χ1) is 7.69. The number of halogens is 2. The summed E-state index contributed by atoms with van der Waals surface area (Å²) in [6.07, 6.45) is -0.446. The first kappa shape index (κ1) is 14.8. The fourth-order valence-corrected chi connectivity index (χ4v) is 2.50. The Morgan fingerprint density at radius 2 is 2.00 bits per heavy atom. The second-order valence-electron chi connectivity index (χ2n) is 4.71. The summed E-state index contributed by atoms with van der Waals surface area (Å²) >= 11 is 5.66. The number of ether oxygens (including phenoxy) is 1. The van der Waals surface area contributed by atoms with Gasteiger partial charge in [-0.1, -0.05) is 0 Å². The molecule has 94 valence electrons. The SMILES string of the molecule is Cc1cc(NC(=O)OC(C)(C)C)c(Br)cc1I. The number of hydrogen-bond acceptors (Lipinski definition) is 2. The van der Waals surface area contributed by atoms with Gasteiger partial charge in [0.25, 0.3) is 0 Å². The molecule has 0 aromatic heterocycles. The molecule has 17 heavy (non-hydrogen) atoms. The monoisotopic (exact) mass is 411 g/mol. The van der Waals surface area contributed by atoms with Crippen LogP contribution in [0.2, 0.25) is 0 Å². The van der Waals surface area contributed by atoms with E-state index in [4.69, 9.17) is 4.74 Å². The first-order valence-electron chi connectivity index (χ1n) is 5.15. The lowest BCUT2D eigenvalue weighted by molar-refractivity contribution is 0.0636. The van der Waals surface area contributed by atoms with Crippen LogP contribution in [0.1, 0.15) is 26.3 Å². The molecule has 0 aliphatic heterocycles. The smallest absolute Gasteiger partial charge is 0.412 e. The summed E-state index contributed by atoms with van der Waals surface area (Å²) < 4.78 is 7.18. The van der Waals surface area contributed by atoms with E-state index in [0.29, 0.717) is 0 Å². The molecule has 0 atom stereocenters. The van der Waals surface area contributed by atoms with Crippen molar-refractivity contribution in [3.8, 4) is 0 Å². The predicted molar refractivity (Wildman–Crippen MR) is 81.5 cm³/mol. The first-order valence-corrected chi connectivity index (χ1v) is 7.02. The number of amides is 1. The highest BCUT2D eigenvalue weighted by atomic mass is 127. The van der Waals surface area contributed by atoms with Crippen LogP contribution in [0.3, 0.4) is 0 Å². The largest absolute Gasteiger partial charge is 0.444 e. The summed E-state index contributed by atoms with van der Waals surface area (Å²) in [5.74, 6) is 0. The number of benzene rings is 1. The van der Waals surface area contributed by atoms with E-state index in [1.165, 1.54) is 0 Å². The lowest BCUT2D eigenvalue weighted by Crippen LogP contribution is -2.27. The molecule has 0 radical (unpaired) electrons. The molecule has 1 aromatic rings. The maximum Gasteiger partial charge on any atom is 0.412 e. The van der Waals surface area contributed by atoms with Crippen LogP contribution in [0.25, 0.3) is 0 Å². The van der Waals surface area contributed by atoms with Gasteiger partial charge in [0.2, 0.25) is 0 Å².